The third kappa shape index (κ3) is 4.74. The summed E-state index contributed by atoms with van der Waals surface area (Å²) in [7, 11) is 1.60. The molecule has 3 heterocycles. The number of ether oxygens (including phenoxy) is 3. The van der Waals surface area contributed by atoms with Crippen molar-refractivity contribution in [2.24, 2.45) is 17.8 Å². The lowest BCUT2D eigenvalue weighted by molar-refractivity contribution is -0.144. The van der Waals surface area contributed by atoms with Crippen molar-refractivity contribution in [2.45, 2.75) is 32.2 Å². The minimum atomic E-state index is -0.881. The van der Waals surface area contributed by atoms with Crippen LogP contribution in [0.25, 0.3) is 0 Å². The first-order valence-corrected chi connectivity index (χ1v) is 12.6. The second kappa shape index (κ2) is 10.0. The molecule has 36 heavy (non-hydrogen) atoms. The Morgan fingerprint density at radius 2 is 1.64 bits per heavy atom. The van der Waals surface area contributed by atoms with Crippen LogP contribution >= 0.6 is 0 Å². The molecule has 2 saturated heterocycles. The van der Waals surface area contributed by atoms with Crippen LogP contribution in [0.5, 0.6) is 17.2 Å². The maximum atomic E-state index is 13.5. The maximum absolute atomic E-state index is 13.5. The zero-order valence-corrected chi connectivity index (χ0v) is 21.1. The highest BCUT2D eigenvalue weighted by molar-refractivity contribution is 5.79. The van der Waals surface area contributed by atoms with Crippen molar-refractivity contribution in [1.82, 2.24) is 9.80 Å². The van der Waals surface area contributed by atoms with Gasteiger partial charge < -0.3 is 24.2 Å². The van der Waals surface area contributed by atoms with E-state index in [0.29, 0.717) is 35.6 Å². The number of hydrogen-bond acceptors (Lipinski definition) is 6. The molecule has 8 nitrogen and oxygen atoms in total. The second-order valence-electron chi connectivity index (χ2n) is 10.5. The molecular weight excluding hydrogens is 460 g/mol. The Morgan fingerprint density at radius 3 is 2.31 bits per heavy atom. The van der Waals surface area contributed by atoms with E-state index in [9.17, 15) is 14.7 Å². The van der Waals surface area contributed by atoms with E-state index >= 15 is 0 Å². The molecule has 3 aliphatic heterocycles. The van der Waals surface area contributed by atoms with Crippen LogP contribution in [-0.2, 0) is 9.59 Å². The molecule has 2 unspecified atom stereocenters. The van der Waals surface area contributed by atoms with Crippen LogP contribution in [0.1, 0.15) is 43.4 Å². The molecule has 0 spiro atoms. The number of carboxylic acids is 1. The fourth-order valence-electron chi connectivity index (χ4n) is 6.21. The summed E-state index contributed by atoms with van der Waals surface area (Å²) in [5.41, 5.74) is 1.74. The molecule has 3 aliphatic rings. The first-order chi connectivity index (χ1) is 17.3. The van der Waals surface area contributed by atoms with Gasteiger partial charge in [0.05, 0.1) is 19.6 Å². The molecule has 192 valence electrons. The van der Waals surface area contributed by atoms with Gasteiger partial charge in [0.1, 0.15) is 5.75 Å². The van der Waals surface area contributed by atoms with Crippen molar-refractivity contribution in [3.63, 3.8) is 0 Å². The van der Waals surface area contributed by atoms with E-state index in [0.717, 1.165) is 30.6 Å². The van der Waals surface area contributed by atoms with Gasteiger partial charge in [0, 0.05) is 31.6 Å². The third-order valence-electron chi connectivity index (χ3n) is 7.73. The van der Waals surface area contributed by atoms with Gasteiger partial charge in [-0.1, -0.05) is 32.0 Å². The second-order valence-corrected chi connectivity index (χ2v) is 10.5. The van der Waals surface area contributed by atoms with Crippen molar-refractivity contribution in [1.29, 1.82) is 0 Å². The van der Waals surface area contributed by atoms with Gasteiger partial charge >= 0.3 is 5.97 Å². The number of nitrogens with zero attached hydrogens (tertiary/aromatic N) is 2. The standard InChI is InChI=1S/C28H34N2O6/c1-17-10-18(2)13-29(12-17)25(31)15-30-14-22(20-6-9-23-24(11-20)36-16-35-23)26(28(32)33)27(30)19-4-7-21(34-3)8-5-19/h4-9,11,17-18,22,26-27H,10,12-16H2,1-3H3,(H,32,33)/t17?,18?,22-,26+,27-/m1/s1. The summed E-state index contributed by atoms with van der Waals surface area (Å²) >= 11 is 0. The van der Waals surface area contributed by atoms with E-state index in [-0.39, 0.29) is 25.2 Å². The van der Waals surface area contributed by atoms with Gasteiger partial charge in [0.2, 0.25) is 12.7 Å². The summed E-state index contributed by atoms with van der Waals surface area (Å²) in [6, 6.07) is 12.7. The van der Waals surface area contributed by atoms with E-state index < -0.39 is 17.9 Å². The molecule has 0 aliphatic carbocycles. The van der Waals surface area contributed by atoms with E-state index in [2.05, 4.69) is 13.8 Å². The van der Waals surface area contributed by atoms with Crippen LogP contribution in [0.15, 0.2) is 42.5 Å². The molecular formula is C28H34N2O6. The Hall–Kier alpha value is -3.26. The Morgan fingerprint density at radius 1 is 0.972 bits per heavy atom. The highest BCUT2D eigenvalue weighted by Gasteiger charge is 2.48. The van der Waals surface area contributed by atoms with Crippen LogP contribution in [0.4, 0.5) is 0 Å². The van der Waals surface area contributed by atoms with E-state index in [4.69, 9.17) is 14.2 Å². The van der Waals surface area contributed by atoms with Gasteiger partial charge in [-0.05, 0) is 53.6 Å². The molecule has 2 aromatic rings. The predicted molar refractivity (Wildman–Crippen MR) is 133 cm³/mol. The van der Waals surface area contributed by atoms with Crippen molar-refractivity contribution >= 4 is 11.9 Å². The summed E-state index contributed by atoms with van der Waals surface area (Å²) < 4.78 is 16.3. The number of amides is 1. The minimum absolute atomic E-state index is 0.0578. The van der Waals surface area contributed by atoms with Gasteiger partial charge in [-0.15, -0.1) is 0 Å². The molecule has 5 atom stereocenters. The fourth-order valence-corrected chi connectivity index (χ4v) is 6.21. The lowest BCUT2D eigenvalue weighted by Crippen LogP contribution is -2.47. The summed E-state index contributed by atoms with van der Waals surface area (Å²) in [4.78, 5) is 30.2. The fraction of sp³-hybridized carbons (Fsp3) is 0.500. The average molecular weight is 495 g/mol. The van der Waals surface area contributed by atoms with E-state index in [1.807, 2.05) is 52.3 Å². The molecule has 0 bridgehead atoms. The first kappa shape index (κ1) is 24.4. The number of carbonyl (C=O) groups excluding carboxylic acids is 1. The smallest absolute Gasteiger partial charge is 0.309 e. The van der Waals surface area contributed by atoms with E-state index in [1.54, 1.807) is 7.11 Å². The molecule has 2 fully saturated rings. The third-order valence-corrected chi connectivity index (χ3v) is 7.73. The lowest BCUT2D eigenvalue weighted by atomic mass is 9.82. The molecule has 5 rings (SSSR count). The Bertz CT molecular complexity index is 1110. The number of fused-ring (bicyclic) bond motifs is 1. The predicted octanol–water partition coefficient (Wildman–Crippen LogP) is 3.77. The number of aliphatic carboxylic acids is 1. The van der Waals surface area contributed by atoms with Crippen LogP contribution in [0.2, 0.25) is 0 Å². The number of carbonyl (C=O) groups is 2. The number of benzene rings is 2. The zero-order valence-electron chi connectivity index (χ0n) is 21.1. The van der Waals surface area contributed by atoms with E-state index in [1.165, 1.54) is 0 Å². The number of hydrogen-bond donors (Lipinski definition) is 1. The molecule has 0 radical (unpaired) electrons. The molecule has 8 heteroatoms. The summed E-state index contributed by atoms with van der Waals surface area (Å²) in [5.74, 6) is 1.05. The van der Waals surface area contributed by atoms with Gasteiger partial charge in [-0.2, -0.15) is 0 Å². The van der Waals surface area contributed by atoms with Gasteiger partial charge in [-0.3, -0.25) is 14.5 Å². The lowest BCUT2D eigenvalue weighted by Gasteiger charge is -2.36. The SMILES string of the molecule is COc1ccc([C@@H]2[C@@H](C(=O)O)[C@@H](c3ccc4c(c3)OCO4)CN2CC(=O)N2CC(C)CC(C)C2)cc1. The van der Waals surface area contributed by atoms with Crippen LogP contribution < -0.4 is 14.2 Å². The summed E-state index contributed by atoms with van der Waals surface area (Å²) in [6.45, 7) is 6.66. The summed E-state index contributed by atoms with van der Waals surface area (Å²) in [6.07, 6.45) is 1.12. The largest absolute Gasteiger partial charge is 0.497 e. The topological polar surface area (TPSA) is 88.5 Å². The van der Waals surface area contributed by atoms with Gasteiger partial charge in [0.15, 0.2) is 11.5 Å². The molecule has 0 aromatic heterocycles. The molecule has 2 aromatic carbocycles. The molecule has 1 N–H and O–H groups in total. The Kier molecular flexibility index (Phi) is 6.79. The normalized spacial score (nSPS) is 27.8. The Labute approximate surface area is 211 Å². The van der Waals surface area contributed by atoms with Crippen molar-refractivity contribution in [2.75, 3.05) is 40.1 Å². The highest BCUT2D eigenvalue weighted by atomic mass is 16.7. The highest BCUT2D eigenvalue weighted by Crippen LogP contribution is 2.47. The van der Waals surface area contributed by atoms with Gasteiger partial charge in [0.25, 0.3) is 0 Å². The maximum Gasteiger partial charge on any atom is 0.309 e. The monoisotopic (exact) mass is 494 g/mol. The number of methoxy groups -OCH3 is 1. The van der Waals surface area contributed by atoms with Crippen LogP contribution in [-0.4, -0.2) is 66.9 Å². The number of rotatable bonds is 6. The quantitative estimate of drug-likeness (QED) is 0.654. The molecule has 0 saturated carbocycles. The number of carboxylic acid groups (broad SMARTS) is 1. The Balaban J connectivity index is 1.48. The van der Waals surface area contributed by atoms with Gasteiger partial charge in [-0.25, -0.2) is 0 Å². The van der Waals surface area contributed by atoms with Crippen LogP contribution in [0, 0.1) is 17.8 Å². The molecule has 1 amide bonds. The van der Waals surface area contributed by atoms with Crippen molar-refractivity contribution < 1.29 is 28.9 Å². The number of likely N-dealkylation sites (tertiary alicyclic amines) is 2. The zero-order chi connectivity index (χ0) is 25.4. The average Bonchev–Trinajstić information content (AvgIpc) is 3.47. The first-order valence-electron chi connectivity index (χ1n) is 12.6. The summed E-state index contributed by atoms with van der Waals surface area (Å²) in [5, 5.41) is 10.4. The number of piperidine rings is 1. The minimum Gasteiger partial charge on any atom is -0.497 e. The van der Waals surface area contributed by atoms with Crippen LogP contribution in [0.3, 0.4) is 0 Å². The van der Waals surface area contributed by atoms with Crippen molar-refractivity contribution in [3.8, 4) is 17.2 Å². The van der Waals surface area contributed by atoms with Crippen molar-refractivity contribution in [3.05, 3.63) is 53.6 Å².